The first kappa shape index (κ1) is 22.1. The van der Waals surface area contributed by atoms with Gasteiger partial charge in [-0.25, -0.2) is 4.79 Å². The van der Waals surface area contributed by atoms with Crippen LogP contribution in [0.2, 0.25) is 10.0 Å². The van der Waals surface area contributed by atoms with E-state index in [9.17, 15) is 9.59 Å². The van der Waals surface area contributed by atoms with Gasteiger partial charge in [0, 0.05) is 10.6 Å². The van der Waals surface area contributed by atoms with Gasteiger partial charge in [-0.15, -0.1) is 0 Å². The van der Waals surface area contributed by atoms with Crippen molar-refractivity contribution in [3.8, 4) is 17.1 Å². The zero-order valence-electron chi connectivity index (χ0n) is 17.7. The lowest BCUT2D eigenvalue weighted by Gasteiger charge is -2.19. The maximum Gasteiger partial charge on any atom is 0.345 e. The minimum Gasteiger partial charge on any atom is -0.452 e. The molecule has 0 radical (unpaired) electrons. The zero-order valence-corrected chi connectivity index (χ0v) is 19.3. The smallest absolute Gasteiger partial charge is 0.345 e. The fraction of sp³-hybridized carbons (Fsp3) is 0.154. The third-order valence-electron chi connectivity index (χ3n) is 5.12. The Morgan fingerprint density at radius 1 is 0.938 bits per heavy atom. The van der Waals surface area contributed by atoms with Crippen LogP contribution in [-0.4, -0.2) is 5.97 Å². The van der Waals surface area contributed by atoms with Crippen molar-refractivity contribution in [2.45, 2.75) is 26.2 Å². The molecule has 1 aromatic heterocycles. The highest BCUT2D eigenvalue weighted by Gasteiger charge is 2.23. The minimum atomic E-state index is -0.776. The summed E-state index contributed by atoms with van der Waals surface area (Å²) in [6.45, 7) is 6.34. The normalized spacial score (nSPS) is 11.5. The Kier molecular flexibility index (Phi) is 5.85. The quantitative estimate of drug-likeness (QED) is 0.297. The summed E-state index contributed by atoms with van der Waals surface area (Å²) in [5.74, 6) is -0.794. The number of carbonyl (C=O) groups excluding carboxylic acids is 1. The van der Waals surface area contributed by atoms with Gasteiger partial charge >= 0.3 is 5.97 Å². The van der Waals surface area contributed by atoms with Gasteiger partial charge in [0.2, 0.25) is 11.2 Å². The summed E-state index contributed by atoms with van der Waals surface area (Å²) in [5, 5.41) is 0.827. The first-order chi connectivity index (χ1) is 15.1. The molecule has 4 aromatic rings. The Labute approximate surface area is 195 Å². The molecule has 0 saturated heterocycles. The van der Waals surface area contributed by atoms with Crippen molar-refractivity contribution in [1.29, 1.82) is 0 Å². The summed E-state index contributed by atoms with van der Waals surface area (Å²) >= 11 is 12.1. The number of para-hydroxylation sites is 1. The molecule has 3 aromatic carbocycles. The summed E-state index contributed by atoms with van der Waals surface area (Å²) in [6.07, 6.45) is 0. The first-order valence-electron chi connectivity index (χ1n) is 9.99. The van der Waals surface area contributed by atoms with E-state index in [4.69, 9.17) is 32.4 Å². The lowest BCUT2D eigenvalue weighted by Crippen LogP contribution is -2.16. The van der Waals surface area contributed by atoms with Crippen LogP contribution in [0.4, 0.5) is 0 Å². The number of halogens is 2. The van der Waals surface area contributed by atoms with E-state index in [0.29, 0.717) is 21.6 Å². The molecule has 4 rings (SSSR count). The second-order valence-electron chi connectivity index (χ2n) is 8.43. The molecule has 0 saturated carbocycles. The lowest BCUT2D eigenvalue weighted by atomic mass is 9.86. The molecule has 0 unspecified atom stereocenters. The number of rotatable bonds is 3. The van der Waals surface area contributed by atoms with Crippen LogP contribution in [0.3, 0.4) is 0 Å². The van der Waals surface area contributed by atoms with Gasteiger partial charge in [0.25, 0.3) is 0 Å². The molecule has 0 atom stereocenters. The number of fused-ring (bicyclic) bond motifs is 1. The van der Waals surface area contributed by atoms with Crippen molar-refractivity contribution in [2.24, 2.45) is 0 Å². The third-order valence-corrected chi connectivity index (χ3v) is 5.66. The molecule has 0 fully saturated rings. The van der Waals surface area contributed by atoms with Crippen molar-refractivity contribution in [3.05, 3.63) is 98.1 Å². The van der Waals surface area contributed by atoms with E-state index in [1.807, 2.05) is 24.3 Å². The molecule has 4 nitrogen and oxygen atoms in total. The third kappa shape index (κ3) is 4.29. The highest BCUT2D eigenvalue weighted by atomic mass is 35.5. The number of hydrogen-bond donors (Lipinski definition) is 0. The fourth-order valence-corrected chi connectivity index (χ4v) is 3.82. The highest BCUT2D eigenvalue weighted by Crippen LogP contribution is 2.33. The molecular formula is C26H20Cl2O4. The number of ether oxygens (including phenoxy) is 1. The molecule has 0 aliphatic heterocycles. The van der Waals surface area contributed by atoms with Crippen molar-refractivity contribution in [2.75, 3.05) is 0 Å². The van der Waals surface area contributed by atoms with Crippen LogP contribution in [0.5, 0.6) is 5.75 Å². The largest absolute Gasteiger partial charge is 0.452 e. The van der Waals surface area contributed by atoms with Gasteiger partial charge in [0.1, 0.15) is 5.58 Å². The number of carbonyl (C=O) groups is 1. The second-order valence-corrected chi connectivity index (χ2v) is 9.27. The van der Waals surface area contributed by atoms with E-state index in [1.165, 1.54) is 18.2 Å². The van der Waals surface area contributed by atoms with E-state index in [2.05, 4.69) is 20.8 Å². The summed E-state index contributed by atoms with van der Waals surface area (Å²) in [4.78, 5) is 26.1. The summed E-state index contributed by atoms with van der Waals surface area (Å²) in [7, 11) is 0. The zero-order chi connectivity index (χ0) is 23.0. The summed E-state index contributed by atoms with van der Waals surface area (Å²) < 4.78 is 11.6. The second kappa shape index (κ2) is 8.45. The highest BCUT2D eigenvalue weighted by molar-refractivity contribution is 6.36. The lowest BCUT2D eigenvalue weighted by molar-refractivity contribution is 0.0731. The predicted octanol–water partition coefficient (Wildman–Crippen LogP) is 7.28. The monoisotopic (exact) mass is 466 g/mol. The molecule has 0 N–H and O–H groups in total. The number of esters is 1. The molecule has 0 aliphatic carbocycles. The van der Waals surface area contributed by atoms with Gasteiger partial charge in [0.05, 0.1) is 16.0 Å². The average molecular weight is 467 g/mol. The van der Waals surface area contributed by atoms with Gasteiger partial charge in [0.15, 0.2) is 5.76 Å². The van der Waals surface area contributed by atoms with Crippen LogP contribution in [0.1, 0.15) is 36.7 Å². The Morgan fingerprint density at radius 3 is 2.28 bits per heavy atom. The molecule has 0 aliphatic rings. The van der Waals surface area contributed by atoms with Crippen LogP contribution in [-0.2, 0) is 5.41 Å². The van der Waals surface area contributed by atoms with E-state index in [1.54, 1.807) is 24.3 Å². The Morgan fingerprint density at radius 2 is 1.62 bits per heavy atom. The molecule has 0 amide bonds. The van der Waals surface area contributed by atoms with E-state index >= 15 is 0 Å². The van der Waals surface area contributed by atoms with Crippen molar-refractivity contribution < 1.29 is 13.9 Å². The van der Waals surface area contributed by atoms with Gasteiger partial charge in [-0.05, 0) is 41.3 Å². The SMILES string of the molecule is CC(C)(C)c1ccc(-c2oc3ccccc3c(=O)c2OC(=O)c2ccc(Cl)cc2Cl)cc1. The van der Waals surface area contributed by atoms with Crippen LogP contribution in [0, 0.1) is 0 Å². The molecule has 32 heavy (non-hydrogen) atoms. The Bertz CT molecular complexity index is 1380. The summed E-state index contributed by atoms with van der Waals surface area (Å²) in [5.41, 5.74) is 1.75. The molecule has 0 spiro atoms. The maximum atomic E-state index is 13.3. The molecule has 1 heterocycles. The predicted molar refractivity (Wildman–Crippen MR) is 128 cm³/mol. The first-order valence-corrected chi connectivity index (χ1v) is 10.7. The van der Waals surface area contributed by atoms with Crippen LogP contribution in [0.15, 0.2) is 75.9 Å². The maximum absolute atomic E-state index is 13.3. The fourth-order valence-electron chi connectivity index (χ4n) is 3.33. The van der Waals surface area contributed by atoms with E-state index in [0.717, 1.165) is 5.56 Å². The average Bonchev–Trinajstić information content (AvgIpc) is 2.75. The minimum absolute atomic E-state index is 0.0383. The Hall–Kier alpha value is -3.08. The van der Waals surface area contributed by atoms with Gasteiger partial charge in [-0.3, -0.25) is 4.79 Å². The Balaban J connectivity index is 1.86. The van der Waals surface area contributed by atoms with Gasteiger partial charge in [-0.2, -0.15) is 0 Å². The van der Waals surface area contributed by atoms with Crippen molar-refractivity contribution in [3.63, 3.8) is 0 Å². The van der Waals surface area contributed by atoms with Gasteiger partial charge < -0.3 is 9.15 Å². The molecule has 162 valence electrons. The van der Waals surface area contributed by atoms with Crippen LogP contribution < -0.4 is 10.2 Å². The van der Waals surface area contributed by atoms with Crippen molar-refractivity contribution >= 4 is 40.1 Å². The van der Waals surface area contributed by atoms with Crippen LogP contribution in [0.25, 0.3) is 22.3 Å². The number of hydrogen-bond acceptors (Lipinski definition) is 4. The van der Waals surface area contributed by atoms with Crippen LogP contribution >= 0.6 is 23.2 Å². The molecule has 0 bridgehead atoms. The van der Waals surface area contributed by atoms with Crippen molar-refractivity contribution in [1.82, 2.24) is 0 Å². The van der Waals surface area contributed by atoms with E-state index < -0.39 is 11.4 Å². The van der Waals surface area contributed by atoms with Gasteiger partial charge in [-0.1, -0.05) is 80.4 Å². The number of benzene rings is 3. The summed E-state index contributed by atoms with van der Waals surface area (Å²) in [6, 6.07) is 18.9. The molecular weight excluding hydrogens is 447 g/mol. The standard InChI is InChI=1S/C26H20Cl2O4/c1-26(2,3)16-10-8-15(9-11-16)23-24(22(29)19-6-4-5-7-21(19)31-23)32-25(30)18-13-12-17(27)14-20(18)28/h4-14H,1-3H3. The molecule has 6 heteroatoms. The van der Waals surface area contributed by atoms with E-state index in [-0.39, 0.29) is 27.5 Å². The topological polar surface area (TPSA) is 56.5 Å².